The fraction of sp³-hybridized carbons (Fsp3) is 0.111. The number of carbonyl (C=O) groups excluding carboxylic acids is 1. The highest BCUT2D eigenvalue weighted by molar-refractivity contribution is 5.88. The molecule has 0 aliphatic heterocycles. The van der Waals surface area contributed by atoms with E-state index in [0.717, 1.165) is 6.42 Å². The number of nitrogens with one attached hydrogen (secondary N) is 1. The van der Waals surface area contributed by atoms with E-state index in [1.54, 1.807) is 18.2 Å². The second-order valence-electron chi connectivity index (χ2n) is 1.91. The second kappa shape index (κ2) is 7.29. The van der Waals surface area contributed by atoms with Gasteiger partial charge in [-0.15, -0.1) is 6.58 Å². The standard InChI is InChI=1S/C9H10N2O/c1-2-3-4-5-6-7-9(12)11-8-10/h2,4-7H,1,3H2,(H,11,12)/b5-4+,7-6+. The molecule has 3 heteroatoms. The van der Waals surface area contributed by atoms with Gasteiger partial charge in [0.05, 0.1) is 0 Å². The van der Waals surface area contributed by atoms with Crippen molar-refractivity contribution < 1.29 is 4.79 Å². The van der Waals surface area contributed by atoms with E-state index in [9.17, 15) is 4.79 Å². The van der Waals surface area contributed by atoms with Gasteiger partial charge in [0.15, 0.2) is 6.19 Å². The number of hydrogen-bond donors (Lipinski definition) is 1. The van der Waals surface area contributed by atoms with Gasteiger partial charge in [-0.25, -0.2) is 0 Å². The normalized spacial score (nSPS) is 9.92. The van der Waals surface area contributed by atoms with Crippen molar-refractivity contribution in [1.29, 1.82) is 5.26 Å². The van der Waals surface area contributed by atoms with E-state index in [2.05, 4.69) is 6.58 Å². The summed E-state index contributed by atoms with van der Waals surface area (Å²) in [5, 5.41) is 9.99. The first-order chi connectivity index (χ1) is 5.81. The fourth-order valence-corrected chi connectivity index (χ4v) is 0.493. The zero-order valence-corrected chi connectivity index (χ0v) is 6.66. The number of nitriles is 1. The highest BCUT2D eigenvalue weighted by atomic mass is 16.1. The van der Waals surface area contributed by atoms with E-state index in [0.29, 0.717) is 0 Å². The minimum Gasteiger partial charge on any atom is -0.269 e. The van der Waals surface area contributed by atoms with E-state index in [-0.39, 0.29) is 0 Å². The molecule has 0 spiro atoms. The molecule has 3 nitrogen and oxygen atoms in total. The summed E-state index contributed by atoms with van der Waals surface area (Å²) < 4.78 is 0. The molecule has 0 bridgehead atoms. The van der Waals surface area contributed by atoms with Crippen molar-refractivity contribution in [3.05, 3.63) is 37.0 Å². The summed E-state index contributed by atoms with van der Waals surface area (Å²) >= 11 is 0. The molecule has 0 radical (unpaired) electrons. The molecule has 1 N–H and O–H groups in total. The van der Waals surface area contributed by atoms with Gasteiger partial charge in [-0.05, 0) is 6.42 Å². The number of hydrogen-bond acceptors (Lipinski definition) is 2. The summed E-state index contributed by atoms with van der Waals surface area (Å²) in [7, 11) is 0. The van der Waals surface area contributed by atoms with Crippen LogP contribution in [0.25, 0.3) is 0 Å². The van der Waals surface area contributed by atoms with E-state index >= 15 is 0 Å². The Bertz CT molecular complexity index is 246. The van der Waals surface area contributed by atoms with Crippen LogP contribution in [0.15, 0.2) is 37.0 Å². The number of amides is 1. The van der Waals surface area contributed by atoms with E-state index in [4.69, 9.17) is 5.26 Å². The average molecular weight is 162 g/mol. The SMILES string of the molecule is C=CC/C=C/C=C/C(=O)NC#N. The Balaban J connectivity index is 3.69. The molecule has 0 aromatic rings. The van der Waals surface area contributed by atoms with Crippen LogP contribution < -0.4 is 5.32 Å². The van der Waals surface area contributed by atoms with Gasteiger partial charge in [-0.2, -0.15) is 5.26 Å². The maximum Gasteiger partial charge on any atom is 0.256 e. The summed E-state index contributed by atoms with van der Waals surface area (Å²) in [6, 6.07) is 0. The van der Waals surface area contributed by atoms with Gasteiger partial charge >= 0.3 is 0 Å². The van der Waals surface area contributed by atoms with Crippen LogP contribution >= 0.6 is 0 Å². The monoisotopic (exact) mass is 162 g/mol. The molecule has 12 heavy (non-hydrogen) atoms. The van der Waals surface area contributed by atoms with Crippen molar-refractivity contribution in [3.8, 4) is 6.19 Å². The van der Waals surface area contributed by atoms with Gasteiger partial charge in [-0.1, -0.05) is 24.3 Å². The smallest absolute Gasteiger partial charge is 0.256 e. The zero-order chi connectivity index (χ0) is 9.23. The lowest BCUT2D eigenvalue weighted by molar-refractivity contribution is -0.115. The van der Waals surface area contributed by atoms with Crippen molar-refractivity contribution in [2.75, 3.05) is 0 Å². The van der Waals surface area contributed by atoms with Crippen molar-refractivity contribution in [1.82, 2.24) is 5.32 Å². The minimum absolute atomic E-state index is 0.416. The molecule has 0 rings (SSSR count). The minimum atomic E-state index is -0.416. The largest absolute Gasteiger partial charge is 0.269 e. The average Bonchev–Trinajstić information content (AvgIpc) is 2.05. The van der Waals surface area contributed by atoms with Crippen LogP contribution in [0.3, 0.4) is 0 Å². The van der Waals surface area contributed by atoms with Gasteiger partial charge in [0, 0.05) is 6.08 Å². The van der Waals surface area contributed by atoms with Crippen LogP contribution in [0, 0.1) is 11.5 Å². The number of rotatable bonds is 4. The third-order valence-corrected chi connectivity index (χ3v) is 0.977. The maximum absolute atomic E-state index is 10.6. The van der Waals surface area contributed by atoms with Gasteiger partial charge in [0.25, 0.3) is 5.91 Å². The summed E-state index contributed by atoms with van der Waals surface area (Å²) in [5.41, 5.74) is 0. The molecule has 0 aromatic carbocycles. The lowest BCUT2D eigenvalue weighted by Crippen LogP contribution is -2.13. The highest BCUT2D eigenvalue weighted by Crippen LogP contribution is 1.83. The molecule has 0 saturated heterocycles. The molecule has 0 saturated carbocycles. The number of allylic oxidation sites excluding steroid dienone is 4. The third kappa shape index (κ3) is 6.30. The Kier molecular flexibility index (Phi) is 6.18. The zero-order valence-electron chi connectivity index (χ0n) is 6.66. The predicted molar refractivity (Wildman–Crippen MR) is 46.8 cm³/mol. The number of nitrogens with zero attached hydrogens (tertiary/aromatic N) is 1. The van der Waals surface area contributed by atoms with E-state index < -0.39 is 5.91 Å². The van der Waals surface area contributed by atoms with Crippen LogP contribution in [0.5, 0.6) is 0 Å². The summed E-state index contributed by atoms with van der Waals surface area (Å²) in [6.45, 7) is 3.53. The first kappa shape index (κ1) is 10.2. The summed E-state index contributed by atoms with van der Waals surface area (Å²) in [5.74, 6) is -0.416. The van der Waals surface area contributed by atoms with Crippen LogP contribution in [0.1, 0.15) is 6.42 Å². The molecule has 0 atom stereocenters. The molecular weight excluding hydrogens is 152 g/mol. The second-order valence-corrected chi connectivity index (χ2v) is 1.91. The van der Waals surface area contributed by atoms with E-state index in [1.807, 2.05) is 11.4 Å². The van der Waals surface area contributed by atoms with Crippen LogP contribution in [0.2, 0.25) is 0 Å². The fourth-order valence-electron chi connectivity index (χ4n) is 0.493. The maximum atomic E-state index is 10.6. The molecule has 0 aliphatic carbocycles. The first-order valence-corrected chi connectivity index (χ1v) is 3.44. The van der Waals surface area contributed by atoms with Crippen molar-refractivity contribution in [2.45, 2.75) is 6.42 Å². The van der Waals surface area contributed by atoms with Gasteiger partial charge < -0.3 is 0 Å². The molecule has 0 fully saturated rings. The lowest BCUT2D eigenvalue weighted by atomic mass is 10.3. The molecule has 62 valence electrons. The summed E-state index contributed by atoms with van der Waals surface area (Å²) in [4.78, 5) is 10.6. The lowest BCUT2D eigenvalue weighted by Gasteiger charge is -1.83. The third-order valence-electron chi connectivity index (χ3n) is 0.977. The Labute approximate surface area is 71.7 Å². The van der Waals surface area contributed by atoms with Crippen LogP contribution in [-0.4, -0.2) is 5.91 Å². The van der Waals surface area contributed by atoms with Crippen molar-refractivity contribution in [3.63, 3.8) is 0 Å². The van der Waals surface area contributed by atoms with E-state index in [1.165, 1.54) is 12.3 Å². The molecule has 0 aliphatic rings. The Morgan fingerprint density at radius 3 is 2.92 bits per heavy atom. The topological polar surface area (TPSA) is 52.9 Å². The first-order valence-electron chi connectivity index (χ1n) is 3.44. The Morgan fingerprint density at radius 2 is 2.33 bits per heavy atom. The summed E-state index contributed by atoms with van der Waals surface area (Å²) in [6.07, 6.45) is 10.5. The molecule has 0 unspecified atom stereocenters. The predicted octanol–water partition coefficient (Wildman–Crippen LogP) is 1.27. The van der Waals surface area contributed by atoms with Gasteiger partial charge in [0.2, 0.25) is 0 Å². The highest BCUT2D eigenvalue weighted by Gasteiger charge is 1.87. The quantitative estimate of drug-likeness (QED) is 0.222. The van der Waals surface area contributed by atoms with Gasteiger partial charge in [0.1, 0.15) is 0 Å². The van der Waals surface area contributed by atoms with Crippen LogP contribution in [-0.2, 0) is 4.79 Å². The molecular formula is C9H10N2O. The van der Waals surface area contributed by atoms with Crippen molar-refractivity contribution in [2.24, 2.45) is 0 Å². The molecule has 0 heterocycles. The van der Waals surface area contributed by atoms with Crippen molar-refractivity contribution >= 4 is 5.91 Å². The molecule has 1 amide bonds. The van der Waals surface area contributed by atoms with Crippen LogP contribution in [0.4, 0.5) is 0 Å². The van der Waals surface area contributed by atoms with Gasteiger partial charge in [-0.3, -0.25) is 10.1 Å². The Hall–Kier alpha value is -1.82. The Morgan fingerprint density at radius 1 is 1.58 bits per heavy atom. The number of carbonyl (C=O) groups is 1. The molecule has 0 aromatic heterocycles.